The van der Waals surface area contributed by atoms with Crippen LogP contribution < -0.4 is 10.1 Å². The summed E-state index contributed by atoms with van der Waals surface area (Å²) in [6.07, 6.45) is 1.17. The molecule has 29 heavy (non-hydrogen) atoms. The number of rotatable bonds is 5. The predicted molar refractivity (Wildman–Crippen MR) is 121 cm³/mol. The van der Waals surface area contributed by atoms with Crippen LogP contribution in [0.1, 0.15) is 12.0 Å². The fourth-order valence-corrected chi connectivity index (χ4v) is 4.05. The topological polar surface area (TPSA) is 61.2 Å². The molecule has 0 saturated carbocycles. The Balaban J connectivity index is 0.00000240. The standard InChI is InChI=1S/C21H19ClN4OS.ClH/c1-26-9-8-17(12-26)27-20-10-16(6-7-18(20)22)24-21-25-19(13-28-21)15-4-2-14(11-23)3-5-15;/h2-7,10,13,17H,8-9,12H2,1H3,(H,24,25);1H/t17-;/m1./s1. The van der Waals surface area contributed by atoms with Crippen molar-refractivity contribution in [2.45, 2.75) is 12.5 Å². The first-order chi connectivity index (χ1) is 13.6. The van der Waals surface area contributed by atoms with Crippen LogP contribution in [0.25, 0.3) is 11.3 Å². The maximum atomic E-state index is 8.92. The van der Waals surface area contributed by atoms with Gasteiger partial charge in [-0.2, -0.15) is 5.26 Å². The van der Waals surface area contributed by atoms with Gasteiger partial charge in [-0.3, -0.25) is 0 Å². The number of likely N-dealkylation sites (tertiary alicyclic amines) is 1. The summed E-state index contributed by atoms with van der Waals surface area (Å²) in [4.78, 5) is 6.89. The SMILES string of the molecule is CN1CC[C@@H](Oc2cc(Nc3nc(-c4ccc(C#N)cc4)cs3)ccc2Cl)C1.Cl. The Morgan fingerprint density at radius 1 is 1.28 bits per heavy atom. The molecular formula is C21H20Cl2N4OS. The highest BCUT2D eigenvalue weighted by atomic mass is 35.5. The van der Waals surface area contributed by atoms with E-state index in [0.717, 1.165) is 41.6 Å². The monoisotopic (exact) mass is 446 g/mol. The molecule has 0 amide bonds. The van der Waals surface area contributed by atoms with Crippen molar-refractivity contribution in [3.63, 3.8) is 0 Å². The quantitative estimate of drug-likeness (QED) is 0.553. The average Bonchev–Trinajstić information content (AvgIpc) is 3.33. The number of hydrogen-bond donors (Lipinski definition) is 1. The van der Waals surface area contributed by atoms with Gasteiger partial charge in [0, 0.05) is 35.8 Å². The first-order valence-corrected chi connectivity index (χ1v) is 10.2. The van der Waals surface area contributed by atoms with E-state index >= 15 is 0 Å². The summed E-state index contributed by atoms with van der Waals surface area (Å²) >= 11 is 7.85. The van der Waals surface area contributed by atoms with E-state index in [-0.39, 0.29) is 18.5 Å². The highest BCUT2D eigenvalue weighted by Gasteiger charge is 2.22. The van der Waals surface area contributed by atoms with Crippen molar-refractivity contribution >= 4 is 46.2 Å². The van der Waals surface area contributed by atoms with Crippen molar-refractivity contribution in [3.8, 4) is 23.1 Å². The Morgan fingerprint density at radius 2 is 2.07 bits per heavy atom. The summed E-state index contributed by atoms with van der Waals surface area (Å²) in [7, 11) is 2.09. The molecule has 1 aromatic heterocycles. The van der Waals surface area contributed by atoms with Crippen LogP contribution in [0.3, 0.4) is 0 Å². The van der Waals surface area contributed by atoms with Crippen molar-refractivity contribution in [2.24, 2.45) is 0 Å². The van der Waals surface area contributed by atoms with Crippen LogP contribution in [-0.2, 0) is 0 Å². The van der Waals surface area contributed by atoms with Crippen LogP contribution in [0.4, 0.5) is 10.8 Å². The second-order valence-electron chi connectivity index (χ2n) is 6.79. The number of nitrogens with zero attached hydrogens (tertiary/aromatic N) is 3. The van der Waals surface area contributed by atoms with E-state index in [0.29, 0.717) is 16.3 Å². The zero-order chi connectivity index (χ0) is 19.5. The molecule has 1 atom stereocenters. The minimum atomic E-state index is 0. The maximum absolute atomic E-state index is 8.92. The van der Waals surface area contributed by atoms with E-state index in [2.05, 4.69) is 28.3 Å². The lowest BCUT2D eigenvalue weighted by Crippen LogP contribution is -2.21. The third kappa shape index (κ3) is 5.20. The Hall–Kier alpha value is -2.30. The molecule has 1 aliphatic rings. The van der Waals surface area contributed by atoms with E-state index in [1.165, 1.54) is 11.3 Å². The molecular weight excluding hydrogens is 427 g/mol. The Bertz CT molecular complexity index is 1020. The normalized spacial score (nSPS) is 16.1. The number of ether oxygens (including phenoxy) is 1. The minimum absolute atomic E-state index is 0. The number of hydrogen-bond acceptors (Lipinski definition) is 6. The number of nitrogens with one attached hydrogen (secondary N) is 1. The van der Waals surface area contributed by atoms with E-state index in [9.17, 15) is 0 Å². The first-order valence-electron chi connectivity index (χ1n) is 8.98. The first kappa shape index (κ1) is 21.4. The predicted octanol–water partition coefficient (Wildman–Crippen LogP) is 5.58. The Labute approximate surface area is 185 Å². The molecule has 1 saturated heterocycles. The van der Waals surface area contributed by atoms with Gasteiger partial charge >= 0.3 is 0 Å². The molecule has 2 heterocycles. The lowest BCUT2D eigenvalue weighted by atomic mass is 10.1. The minimum Gasteiger partial charge on any atom is -0.487 e. The molecule has 2 aromatic carbocycles. The van der Waals surface area contributed by atoms with E-state index in [1.807, 2.05) is 35.7 Å². The van der Waals surface area contributed by atoms with Crippen molar-refractivity contribution < 1.29 is 4.74 Å². The van der Waals surface area contributed by atoms with Gasteiger partial charge in [0.15, 0.2) is 5.13 Å². The molecule has 1 N–H and O–H groups in total. The third-order valence-corrected chi connectivity index (χ3v) is 5.71. The number of thiazole rings is 1. The molecule has 0 unspecified atom stereocenters. The van der Waals surface area contributed by atoms with Crippen molar-refractivity contribution in [3.05, 3.63) is 58.4 Å². The van der Waals surface area contributed by atoms with Gasteiger partial charge in [0.05, 0.1) is 22.3 Å². The molecule has 0 aliphatic carbocycles. The highest BCUT2D eigenvalue weighted by molar-refractivity contribution is 7.14. The number of anilines is 2. The smallest absolute Gasteiger partial charge is 0.187 e. The summed E-state index contributed by atoms with van der Waals surface area (Å²) in [6, 6.07) is 15.2. The van der Waals surface area contributed by atoms with Crippen LogP contribution >= 0.6 is 35.3 Å². The lowest BCUT2D eigenvalue weighted by Gasteiger charge is -2.16. The molecule has 5 nitrogen and oxygen atoms in total. The van der Waals surface area contributed by atoms with Crippen LogP contribution in [0.5, 0.6) is 5.75 Å². The molecule has 0 spiro atoms. The number of aromatic nitrogens is 1. The fourth-order valence-electron chi connectivity index (χ4n) is 3.14. The molecule has 0 radical (unpaired) electrons. The van der Waals surface area contributed by atoms with Gasteiger partial charge in [-0.25, -0.2) is 4.98 Å². The van der Waals surface area contributed by atoms with Crippen LogP contribution in [0.2, 0.25) is 5.02 Å². The summed E-state index contributed by atoms with van der Waals surface area (Å²) < 4.78 is 6.09. The Kier molecular flexibility index (Phi) is 6.99. The zero-order valence-electron chi connectivity index (χ0n) is 15.8. The number of halogens is 2. The third-order valence-electron chi connectivity index (χ3n) is 4.64. The molecule has 4 rings (SSSR count). The van der Waals surface area contributed by atoms with Crippen molar-refractivity contribution in [1.82, 2.24) is 9.88 Å². The second-order valence-corrected chi connectivity index (χ2v) is 8.05. The lowest BCUT2D eigenvalue weighted by molar-refractivity contribution is 0.208. The van der Waals surface area contributed by atoms with E-state index in [1.54, 1.807) is 12.1 Å². The summed E-state index contributed by atoms with van der Waals surface area (Å²) in [5.74, 6) is 0.691. The van der Waals surface area contributed by atoms with Gasteiger partial charge in [-0.15, -0.1) is 23.7 Å². The zero-order valence-corrected chi connectivity index (χ0v) is 18.2. The van der Waals surface area contributed by atoms with E-state index in [4.69, 9.17) is 21.6 Å². The number of likely N-dealkylation sites (N-methyl/N-ethyl adjacent to an activating group) is 1. The maximum Gasteiger partial charge on any atom is 0.187 e. The molecule has 0 bridgehead atoms. The molecule has 150 valence electrons. The summed E-state index contributed by atoms with van der Waals surface area (Å²) in [5, 5.41) is 15.6. The van der Waals surface area contributed by atoms with Crippen LogP contribution in [0, 0.1) is 11.3 Å². The van der Waals surface area contributed by atoms with Gasteiger partial charge in [0.1, 0.15) is 11.9 Å². The molecule has 1 fully saturated rings. The number of benzene rings is 2. The van der Waals surface area contributed by atoms with Gasteiger partial charge in [-0.05, 0) is 37.7 Å². The Morgan fingerprint density at radius 3 is 2.76 bits per heavy atom. The van der Waals surface area contributed by atoms with E-state index < -0.39 is 0 Å². The van der Waals surface area contributed by atoms with Gasteiger partial charge in [0.2, 0.25) is 0 Å². The molecule has 8 heteroatoms. The molecule has 3 aromatic rings. The second kappa shape index (κ2) is 9.47. The van der Waals surface area contributed by atoms with Gasteiger partial charge in [0.25, 0.3) is 0 Å². The number of nitriles is 1. The summed E-state index contributed by atoms with van der Waals surface area (Å²) in [5.41, 5.74) is 3.37. The fraction of sp³-hybridized carbons (Fsp3) is 0.238. The van der Waals surface area contributed by atoms with Gasteiger partial charge in [-0.1, -0.05) is 23.7 Å². The van der Waals surface area contributed by atoms with Crippen molar-refractivity contribution in [2.75, 3.05) is 25.5 Å². The van der Waals surface area contributed by atoms with Gasteiger partial charge < -0.3 is 15.0 Å². The average molecular weight is 447 g/mol. The summed E-state index contributed by atoms with van der Waals surface area (Å²) in [6.45, 7) is 1.95. The van der Waals surface area contributed by atoms with Crippen molar-refractivity contribution in [1.29, 1.82) is 5.26 Å². The molecule has 1 aliphatic heterocycles. The van der Waals surface area contributed by atoms with Crippen LogP contribution in [0.15, 0.2) is 47.8 Å². The highest BCUT2D eigenvalue weighted by Crippen LogP contribution is 2.33. The van der Waals surface area contributed by atoms with Crippen LogP contribution in [-0.4, -0.2) is 36.1 Å². The largest absolute Gasteiger partial charge is 0.487 e.